The van der Waals surface area contributed by atoms with Crippen molar-refractivity contribution in [3.8, 4) is 0 Å². The summed E-state index contributed by atoms with van der Waals surface area (Å²) in [7, 11) is -2.30. The molecule has 0 heterocycles. The number of nitrogens with zero attached hydrogens (tertiary/aromatic N) is 1. The molecular formula is C23H22N2O4S. The van der Waals surface area contributed by atoms with Crippen LogP contribution in [-0.2, 0) is 14.8 Å². The van der Waals surface area contributed by atoms with Crippen LogP contribution in [0.3, 0.4) is 0 Å². The van der Waals surface area contributed by atoms with Crippen molar-refractivity contribution in [1.29, 1.82) is 0 Å². The lowest BCUT2D eigenvalue weighted by molar-refractivity contribution is -0.119. The summed E-state index contributed by atoms with van der Waals surface area (Å²) in [6, 6.07) is 23.0. The molecule has 0 aliphatic rings. The smallest absolute Gasteiger partial charge is 0.247 e. The number of anilines is 1. The van der Waals surface area contributed by atoms with Gasteiger partial charge in [-0.1, -0.05) is 72.8 Å². The zero-order valence-electron chi connectivity index (χ0n) is 16.6. The van der Waals surface area contributed by atoms with Crippen LogP contribution < -0.4 is 5.32 Å². The summed E-state index contributed by atoms with van der Waals surface area (Å²) < 4.78 is 25.3. The molecule has 0 saturated heterocycles. The van der Waals surface area contributed by atoms with E-state index in [1.54, 1.807) is 78.9 Å². The number of para-hydroxylation sites is 1. The summed E-state index contributed by atoms with van der Waals surface area (Å²) in [5.74, 6) is -0.790. The van der Waals surface area contributed by atoms with E-state index < -0.39 is 22.0 Å². The number of carbonyl (C=O) groups is 2. The largest absolute Gasteiger partial charge is 0.324 e. The van der Waals surface area contributed by atoms with Gasteiger partial charge in [0.1, 0.15) is 6.04 Å². The first-order chi connectivity index (χ1) is 14.3. The molecule has 0 fully saturated rings. The number of likely N-dealkylation sites (N-methyl/N-ethyl adjacent to an activating group) is 1. The van der Waals surface area contributed by atoms with Crippen LogP contribution >= 0.6 is 0 Å². The van der Waals surface area contributed by atoms with Crippen LogP contribution in [-0.4, -0.2) is 37.7 Å². The number of carbonyl (C=O) groups excluding carboxylic acids is 2. The molecule has 1 unspecified atom stereocenters. The Morgan fingerprint density at radius 3 is 1.97 bits per heavy atom. The van der Waals surface area contributed by atoms with Crippen molar-refractivity contribution in [3.05, 3.63) is 102 Å². The third-order valence-electron chi connectivity index (χ3n) is 4.72. The second kappa shape index (κ2) is 9.02. The molecule has 3 aromatic carbocycles. The van der Waals surface area contributed by atoms with E-state index in [9.17, 15) is 18.0 Å². The second-order valence-corrected chi connectivity index (χ2v) is 8.86. The monoisotopic (exact) mass is 422 g/mol. The van der Waals surface area contributed by atoms with Crippen molar-refractivity contribution in [2.75, 3.05) is 18.6 Å². The fourth-order valence-corrected chi connectivity index (χ4v) is 3.69. The van der Waals surface area contributed by atoms with Gasteiger partial charge < -0.3 is 5.32 Å². The molecule has 6 nitrogen and oxygen atoms in total. The van der Waals surface area contributed by atoms with Gasteiger partial charge in [-0.05, 0) is 17.7 Å². The van der Waals surface area contributed by atoms with Crippen molar-refractivity contribution in [2.24, 2.45) is 0 Å². The predicted octanol–water partition coefficient (Wildman–Crippen LogP) is 3.49. The minimum absolute atomic E-state index is 0.237. The minimum Gasteiger partial charge on any atom is -0.324 e. The molecule has 1 N–H and O–H groups in total. The van der Waals surface area contributed by atoms with Gasteiger partial charge in [0.2, 0.25) is 15.9 Å². The third-order valence-corrected chi connectivity index (χ3v) is 5.97. The van der Waals surface area contributed by atoms with Crippen molar-refractivity contribution in [3.63, 3.8) is 0 Å². The van der Waals surface area contributed by atoms with Crippen molar-refractivity contribution in [1.82, 2.24) is 4.31 Å². The van der Waals surface area contributed by atoms with Gasteiger partial charge in [0.15, 0.2) is 5.78 Å². The predicted molar refractivity (Wildman–Crippen MR) is 117 cm³/mol. The molecule has 0 aliphatic heterocycles. The Hall–Kier alpha value is -3.29. The van der Waals surface area contributed by atoms with Gasteiger partial charge in [-0.3, -0.25) is 9.59 Å². The van der Waals surface area contributed by atoms with Gasteiger partial charge in [-0.25, -0.2) is 8.42 Å². The number of hydrogen-bond donors (Lipinski definition) is 1. The highest BCUT2D eigenvalue weighted by atomic mass is 32.2. The van der Waals surface area contributed by atoms with E-state index in [0.29, 0.717) is 22.4 Å². The van der Waals surface area contributed by atoms with Crippen LogP contribution in [0.2, 0.25) is 0 Å². The van der Waals surface area contributed by atoms with Crippen LogP contribution in [0.25, 0.3) is 0 Å². The van der Waals surface area contributed by atoms with Crippen molar-refractivity contribution < 1.29 is 18.0 Å². The molecule has 0 spiro atoms. The average Bonchev–Trinajstić information content (AvgIpc) is 2.74. The molecule has 30 heavy (non-hydrogen) atoms. The van der Waals surface area contributed by atoms with E-state index >= 15 is 0 Å². The van der Waals surface area contributed by atoms with Gasteiger partial charge in [-0.2, -0.15) is 4.31 Å². The SMILES string of the molecule is CN(C(C(=O)Nc1ccccc1C(=O)c1ccccc1)c1ccccc1)S(C)(=O)=O. The maximum atomic E-state index is 13.2. The molecule has 3 aromatic rings. The number of amides is 1. The molecule has 1 amide bonds. The number of ketones is 1. The highest BCUT2D eigenvalue weighted by Crippen LogP contribution is 2.26. The van der Waals surface area contributed by atoms with Gasteiger partial charge in [0.05, 0.1) is 11.9 Å². The zero-order chi connectivity index (χ0) is 21.7. The highest BCUT2D eigenvalue weighted by molar-refractivity contribution is 7.88. The van der Waals surface area contributed by atoms with Crippen LogP contribution in [0.1, 0.15) is 27.5 Å². The number of rotatable bonds is 7. The summed E-state index contributed by atoms with van der Waals surface area (Å²) in [6.07, 6.45) is 1.04. The first kappa shape index (κ1) is 21.4. The van der Waals surface area contributed by atoms with Crippen LogP contribution in [0, 0.1) is 0 Å². The third kappa shape index (κ3) is 4.82. The number of hydrogen-bond acceptors (Lipinski definition) is 4. The van der Waals surface area contributed by atoms with Gasteiger partial charge in [0, 0.05) is 18.2 Å². The second-order valence-electron chi connectivity index (χ2n) is 6.82. The Labute approximate surface area is 176 Å². The molecule has 0 aliphatic carbocycles. The Kier molecular flexibility index (Phi) is 6.44. The summed E-state index contributed by atoms with van der Waals surface area (Å²) in [6.45, 7) is 0. The zero-order valence-corrected chi connectivity index (χ0v) is 17.5. The Morgan fingerprint density at radius 1 is 0.833 bits per heavy atom. The standard InChI is InChI=1S/C23H22N2O4S/c1-25(30(2,28)29)21(17-11-5-3-6-12-17)23(27)24-20-16-10-9-15-19(20)22(26)18-13-7-4-8-14-18/h3-16,21H,1-2H3,(H,24,27). The fraction of sp³-hybridized carbons (Fsp3) is 0.130. The van der Waals surface area contributed by atoms with Crippen molar-refractivity contribution >= 4 is 27.4 Å². The lowest BCUT2D eigenvalue weighted by atomic mass is 10.0. The maximum absolute atomic E-state index is 13.2. The number of nitrogens with one attached hydrogen (secondary N) is 1. The Balaban J connectivity index is 1.97. The summed E-state index contributed by atoms with van der Waals surface area (Å²) in [5, 5.41) is 2.75. The lowest BCUT2D eigenvalue weighted by Gasteiger charge is -2.26. The molecule has 1 atom stereocenters. The molecule has 0 radical (unpaired) electrons. The first-order valence-electron chi connectivity index (χ1n) is 9.26. The van der Waals surface area contributed by atoms with E-state index in [-0.39, 0.29) is 5.78 Å². The average molecular weight is 423 g/mol. The summed E-state index contributed by atoms with van der Waals surface area (Å²) in [5.41, 5.74) is 1.66. The topological polar surface area (TPSA) is 83.6 Å². The van der Waals surface area contributed by atoms with Gasteiger partial charge >= 0.3 is 0 Å². The molecule has 0 bridgehead atoms. The van der Waals surface area contributed by atoms with E-state index in [0.717, 1.165) is 10.6 Å². The van der Waals surface area contributed by atoms with Crippen molar-refractivity contribution in [2.45, 2.75) is 6.04 Å². The lowest BCUT2D eigenvalue weighted by Crippen LogP contribution is -2.38. The van der Waals surface area contributed by atoms with Crippen LogP contribution in [0.5, 0.6) is 0 Å². The van der Waals surface area contributed by atoms with Crippen LogP contribution in [0.15, 0.2) is 84.9 Å². The molecule has 3 rings (SSSR count). The minimum atomic E-state index is -3.65. The Morgan fingerprint density at radius 2 is 1.37 bits per heavy atom. The van der Waals surface area contributed by atoms with E-state index in [1.807, 2.05) is 6.07 Å². The maximum Gasteiger partial charge on any atom is 0.247 e. The van der Waals surface area contributed by atoms with E-state index in [1.165, 1.54) is 7.05 Å². The highest BCUT2D eigenvalue weighted by Gasteiger charge is 2.31. The molecule has 154 valence electrons. The quantitative estimate of drug-likeness (QED) is 0.591. The molecule has 7 heteroatoms. The Bertz CT molecular complexity index is 1150. The molecule has 0 aromatic heterocycles. The number of sulfonamides is 1. The van der Waals surface area contributed by atoms with E-state index in [4.69, 9.17) is 0 Å². The van der Waals surface area contributed by atoms with Crippen LogP contribution in [0.4, 0.5) is 5.69 Å². The van der Waals surface area contributed by atoms with E-state index in [2.05, 4.69) is 5.32 Å². The fourth-order valence-electron chi connectivity index (χ4n) is 3.09. The van der Waals surface area contributed by atoms with Gasteiger partial charge in [-0.15, -0.1) is 0 Å². The first-order valence-corrected chi connectivity index (χ1v) is 11.1. The molecular weight excluding hydrogens is 400 g/mol. The number of benzene rings is 3. The summed E-state index contributed by atoms with van der Waals surface area (Å²) in [4.78, 5) is 26.1. The summed E-state index contributed by atoms with van der Waals surface area (Å²) >= 11 is 0. The molecule has 0 saturated carbocycles. The van der Waals surface area contributed by atoms with Gasteiger partial charge in [0.25, 0.3) is 0 Å². The normalized spacial score (nSPS) is 12.4.